The second kappa shape index (κ2) is 11.0. The second-order valence-electron chi connectivity index (χ2n) is 6.91. The summed E-state index contributed by atoms with van der Waals surface area (Å²) in [5, 5.41) is 10.2. The molecule has 0 bridgehead atoms. The fourth-order valence-electron chi connectivity index (χ4n) is 3.18. The molecule has 1 heterocycles. The lowest BCUT2D eigenvalue weighted by atomic mass is 10.1. The molecule has 3 aromatic carbocycles. The normalized spacial score (nSPS) is 14.1. The van der Waals surface area contributed by atoms with Gasteiger partial charge in [0.25, 0.3) is 5.91 Å². The zero-order chi connectivity index (χ0) is 22.5. The van der Waals surface area contributed by atoms with Crippen molar-refractivity contribution in [3.05, 3.63) is 95.7 Å². The molecule has 6 nitrogen and oxygen atoms in total. The first-order chi connectivity index (χ1) is 15.6. The number of anilines is 1. The molecule has 0 aromatic heterocycles. The van der Waals surface area contributed by atoms with E-state index < -0.39 is 0 Å². The van der Waals surface area contributed by atoms with Gasteiger partial charge in [0.15, 0.2) is 22.4 Å². The van der Waals surface area contributed by atoms with Crippen LogP contribution in [0.1, 0.15) is 15.9 Å². The Kier molecular flexibility index (Phi) is 8.08. The Morgan fingerprint density at radius 2 is 1.73 bits per heavy atom. The van der Waals surface area contributed by atoms with E-state index in [1.165, 1.54) is 29.8 Å². The summed E-state index contributed by atoms with van der Waals surface area (Å²) < 4.78 is 5.14. The van der Waals surface area contributed by atoms with Crippen LogP contribution in [0.3, 0.4) is 0 Å². The molecule has 1 aliphatic rings. The minimum absolute atomic E-state index is 0. The van der Waals surface area contributed by atoms with Crippen molar-refractivity contribution < 1.29 is 19.4 Å². The monoisotopic (exact) mass is 524 g/mol. The van der Waals surface area contributed by atoms with E-state index in [4.69, 9.17) is 4.74 Å². The summed E-state index contributed by atoms with van der Waals surface area (Å²) in [5.74, 6) is 0.131. The van der Waals surface area contributed by atoms with E-state index in [1.807, 2.05) is 48.5 Å². The Morgan fingerprint density at radius 3 is 2.39 bits per heavy atom. The maximum absolute atomic E-state index is 13.2. The van der Waals surface area contributed by atoms with Gasteiger partial charge in [-0.1, -0.05) is 66.4 Å². The van der Waals surface area contributed by atoms with Crippen LogP contribution in [-0.4, -0.2) is 34.8 Å². The van der Waals surface area contributed by atoms with Crippen LogP contribution in [-0.2, 0) is 4.79 Å². The number of amidine groups is 1. The third kappa shape index (κ3) is 5.53. The Morgan fingerprint density at radius 1 is 1.06 bits per heavy atom. The summed E-state index contributed by atoms with van der Waals surface area (Å²) in [7, 11) is 1.46. The van der Waals surface area contributed by atoms with Crippen LogP contribution in [0.25, 0.3) is 6.08 Å². The van der Waals surface area contributed by atoms with E-state index >= 15 is 0 Å². The smallest absolute Gasteiger partial charge is 0.283 e. The fraction of sp³-hybridized carbons (Fsp3) is 0.0800. The summed E-state index contributed by atoms with van der Waals surface area (Å²) >= 11 is 1.22. The number of carbonyl (C=O) groups excluding carboxylic acids is 2. The number of rotatable bonds is 6. The van der Waals surface area contributed by atoms with Crippen LogP contribution in [0, 0.1) is 0 Å². The van der Waals surface area contributed by atoms with Crippen molar-refractivity contribution in [3.8, 4) is 11.5 Å². The van der Waals surface area contributed by atoms with Crippen molar-refractivity contribution in [2.24, 2.45) is 4.99 Å². The number of Topliss-reactive ketones (excluding diaryl/α,β-unsaturated/α-hetero) is 1. The highest BCUT2D eigenvalue weighted by Crippen LogP contribution is 2.31. The van der Waals surface area contributed by atoms with Gasteiger partial charge >= 0.3 is 0 Å². The second-order valence-corrected chi connectivity index (χ2v) is 7.85. The predicted octanol–water partition coefficient (Wildman–Crippen LogP) is 5.34. The van der Waals surface area contributed by atoms with Gasteiger partial charge in [0.05, 0.1) is 18.6 Å². The molecule has 33 heavy (non-hydrogen) atoms. The average molecular weight is 525 g/mol. The van der Waals surface area contributed by atoms with E-state index in [2.05, 4.69) is 4.99 Å². The van der Waals surface area contributed by atoms with Gasteiger partial charge in [0.1, 0.15) is 5.70 Å². The quantitative estimate of drug-likeness (QED) is 0.347. The molecule has 0 radical (unpaired) electrons. The number of aliphatic imine (C=N–C) groups is 1. The zero-order valence-corrected chi connectivity index (χ0v) is 20.2. The summed E-state index contributed by atoms with van der Waals surface area (Å²) in [6.07, 6.45) is 1.63. The number of nitrogens with zero attached hydrogens (tertiary/aromatic N) is 2. The Bertz CT molecular complexity index is 1210. The molecule has 0 saturated heterocycles. The van der Waals surface area contributed by atoms with Gasteiger partial charge in [-0.25, -0.2) is 4.99 Å². The molecule has 4 rings (SSSR count). The molecule has 0 saturated carbocycles. The van der Waals surface area contributed by atoms with Crippen molar-refractivity contribution in [1.82, 2.24) is 0 Å². The number of ether oxygens (including phenoxy) is 1. The average Bonchev–Trinajstić information content (AvgIpc) is 3.14. The molecule has 0 aliphatic carbocycles. The van der Waals surface area contributed by atoms with Crippen LogP contribution in [0.4, 0.5) is 5.69 Å². The van der Waals surface area contributed by atoms with Gasteiger partial charge in [-0.15, -0.1) is 17.0 Å². The molecule has 0 spiro atoms. The third-order valence-electron chi connectivity index (χ3n) is 4.78. The molecule has 0 unspecified atom stereocenters. The predicted molar refractivity (Wildman–Crippen MR) is 138 cm³/mol. The fourth-order valence-corrected chi connectivity index (χ4v) is 4.08. The number of thioether (sulfide) groups is 1. The highest BCUT2D eigenvalue weighted by Gasteiger charge is 2.32. The van der Waals surface area contributed by atoms with Crippen LogP contribution in [0.5, 0.6) is 11.5 Å². The molecular formula is C25H21BrN2O4S. The molecule has 8 heteroatoms. The molecule has 1 aliphatic heterocycles. The highest BCUT2D eigenvalue weighted by molar-refractivity contribution is 8.93. The third-order valence-corrected chi connectivity index (χ3v) is 5.72. The van der Waals surface area contributed by atoms with Gasteiger partial charge in [-0.3, -0.25) is 14.5 Å². The van der Waals surface area contributed by atoms with Crippen molar-refractivity contribution in [3.63, 3.8) is 0 Å². The number of ketones is 1. The lowest BCUT2D eigenvalue weighted by Crippen LogP contribution is -2.30. The van der Waals surface area contributed by atoms with E-state index in [-0.39, 0.29) is 45.9 Å². The van der Waals surface area contributed by atoms with E-state index in [1.54, 1.807) is 30.3 Å². The van der Waals surface area contributed by atoms with Crippen LogP contribution in [0.15, 0.2) is 89.6 Å². The van der Waals surface area contributed by atoms with Crippen molar-refractivity contribution in [2.45, 2.75) is 0 Å². The first-order valence-electron chi connectivity index (χ1n) is 9.85. The highest BCUT2D eigenvalue weighted by atomic mass is 79.9. The lowest BCUT2D eigenvalue weighted by molar-refractivity contribution is -0.113. The summed E-state index contributed by atoms with van der Waals surface area (Å²) in [5.41, 5.74) is 2.17. The van der Waals surface area contributed by atoms with Gasteiger partial charge < -0.3 is 9.84 Å². The number of phenols is 1. The number of methoxy groups -OCH3 is 1. The first-order valence-corrected chi connectivity index (χ1v) is 10.8. The number of hydrogen-bond donors (Lipinski definition) is 1. The Labute approximate surface area is 206 Å². The number of halogens is 1. The Balaban J connectivity index is 0.00000306. The van der Waals surface area contributed by atoms with Gasteiger partial charge in [-0.05, 0) is 35.9 Å². The van der Waals surface area contributed by atoms with E-state index in [0.29, 0.717) is 27.7 Å². The van der Waals surface area contributed by atoms with Gasteiger partial charge in [-0.2, -0.15) is 0 Å². The zero-order valence-electron chi connectivity index (χ0n) is 17.7. The van der Waals surface area contributed by atoms with Crippen molar-refractivity contribution >= 4 is 57.4 Å². The Hall–Kier alpha value is -3.36. The number of hydrogen-bond acceptors (Lipinski definition) is 6. The molecule has 0 atom stereocenters. The largest absolute Gasteiger partial charge is 0.504 e. The molecule has 1 N–H and O–H groups in total. The van der Waals surface area contributed by atoms with Crippen LogP contribution in [0.2, 0.25) is 0 Å². The molecular weight excluding hydrogens is 504 g/mol. The summed E-state index contributed by atoms with van der Waals surface area (Å²) in [6.45, 7) is 0. The van der Waals surface area contributed by atoms with E-state index in [0.717, 1.165) is 0 Å². The summed E-state index contributed by atoms with van der Waals surface area (Å²) in [4.78, 5) is 31.8. The SMILES string of the molecule is Br.COc1cc(/C=C2/N=C(SCC(=O)c3ccccc3)N(c3ccccc3)C2=O)ccc1O. The molecule has 0 fully saturated rings. The minimum Gasteiger partial charge on any atom is -0.504 e. The molecule has 1 amide bonds. The standard InChI is InChI=1S/C25H20N2O4S.BrH/c1-31-23-15-17(12-13-21(23)28)14-20-24(30)27(19-10-6-3-7-11-19)25(26-20)32-16-22(29)18-8-4-2-5-9-18;/h2-15,28H,16H2,1H3;1H/b20-14+;. The van der Waals surface area contributed by atoms with Gasteiger partial charge in [0, 0.05) is 5.56 Å². The van der Waals surface area contributed by atoms with Crippen LogP contribution >= 0.6 is 28.7 Å². The number of para-hydroxylation sites is 1. The maximum Gasteiger partial charge on any atom is 0.283 e. The topological polar surface area (TPSA) is 79.2 Å². The maximum atomic E-state index is 13.2. The molecule has 3 aromatic rings. The van der Waals surface area contributed by atoms with Gasteiger partial charge in [0.2, 0.25) is 0 Å². The van der Waals surface area contributed by atoms with Crippen molar-refractivity contribution in [1.29, 1.82) is 0 Å². The number of aromatic hydroxyl groups is 1. The van der Waals surface area contributed by atoms with E-state index in [9.17, 15) is 14.7 Å². The molecule has 168 valence electrons. The summed E-state index contributed by atoms with van der Waals surface area (Å²) in [6, 6.07) is 23.0. The minimum atomic E-state index is -0.294. The number of benzene rings is 3. The van der Waals surface area contributed by atoms with Crippen molar-refractivity contribution in [2.75, 3.05) is 17.8 Å². The van der Waals surface area contributed by atoms with Crippen LogP contribution < -0.4 is 9.64 Å². The first kappa shape index (κ1) is 24.3. The number of carbonyl (C=O) groups is 2. The lowest BCUT2D eigenvalue weighted by Gasteiger charge is -2.17. The number of phenolic OH excluding ortho intramolecular Hbond substituents is 1. The number of amides is 1.